The summed E-state index contributed by atoms with van der Waals surface area (Å²) in [5.74, 6) is -0.445. The number of aryl methyl sites for hydroxylation is 1. The van der Waals surface area contributed by atoms with Crippen LogP contribution in [-0.2, 0) is 17.7 Å². The number of rotatable bonds is 7. The summed E-state index contributed by atoms with van der Waals surface area (Å²) in [6, 6.07) is 13.7. The Bertz CT molecular complexity index is 1560. The molecule has 8 heteroatoms. The molecule has 0 atom stereocenters. The van der Waals surface area contributed by atoms with Crippen molar-refractivity contribution in [2.24, 2.45) is 5.92 Å². The first-order valence-electron chi connectivity index (χ1n) is 12.9. The zero-order valence-electron chi connectivity index (χ0n) is 21.6. The van der Waals surface area contributed by atoms with Gasteiger partial charge < -0.3 is 15.0 Å². The molecule has 0 radical (unpaired) electrons. The van der Waals surface area contributed by atoms with E-state index in [-0.39, 0.29) is 39.6 Å². The lowest BCUT2D eigenvalue weighted by molar-refractivity contribution is 0.0612. The molecular formula is C31H29ClFN3O3. The lowest BCUT2D eigenvalue weighted by atomic mass is 9.96. The molecule has 6 nitrogen and oxygen atoms in total. The van der Waals surface area contributed by atoms with E-state index < -0.39 is 5.82 Å². The molecule has 0 spiro atoms. The molecule has 1 aliphatic heterocycles. The third-order valence-corrected chi connectivity index (χ3v) is 7.46. The standard InChI is InChI=1S/C31H29ClFN3O3/c1-19-2-5-22(6-3-19)24-17-36(16-20-9-12-39-13-10-20)18-25(30(24)38)28(37)15-21-4-7-23(27(33)14-21)29-26(32)8-11-35-31(29)34/h2-8,11,14,17-18,20H,9-10,12-13,15-16H2,1H3,(H2,34,35). The predicted molar refractivity (Wildman–Crippen MR) is 152 cm³/mol. The van der Waals surface area contributed by atoms with Gasteiger partial charge in [0.15, 0.2) is 11.2 Å². The van der Waals surface area contributed by atoms with Crippen LogP contribution in [0.5, 0.6) is 0 Å². The summed E-state index contributed by atoms with van der Waals surface area (Å²) in [7, 11) is 0. The van der Waals surface area contributed by atoms with Crippen LogP contribution in [0.2, 0.25) is 5.02 Å². The molecule has 0 amide bonds. The first-order chi connectivity index (χ1) is 18.8. The van der Waals surface area contributed by atoms with Crippen molar-refractivity contribution in [3.63, 3.8) is 0 Å². The zero-order valence-corrected chi connectivity index (χ0v) is 22.4. The van der Waals surface area contributed by atoms with Crippen LogP contribution in [0.3, 0.4) is 0 Å². The van der Waals surface area contributed by atoms with Crippen molar-refractivity contribution < 1.29 is 13.9 Å². The normalized spacial score (nSPS) is 13.9. The first-order valence-corrected chi connectivity index (χ1v) is 13.3. The fourth-order valence-electron chi connectivity index (χ4n) is 4.97. The molecule has 0 saturated carbocycles. The molecule has 200 valence electrons. The molecule has 0 bridgehead atoms. The average Bonchev–Trinajstić information content (AvgIpc) is 2.91. The van der Waals surface area contributed by atoms with Crippen molar-refractivity contribution in [3.8, 4) is 22.3 Å². The smallest absolute Gasteiger partial charge is 0.200 e. The van der Waals surface area contributed by atoms with Gasteiger partial charge >= 0.3 is 0 Å². The second-order valence-corrected chi connectivity index (χ2v) is 10.4. The van der Waals surface area contributed by atoms with E-state index in [1.54, 1.807) is 12.3 Å². The number of halogens is 2. The molecule has 3 heterocycles. The minimum atomic E-state index is -0.577. The Morgan fingerprint density at radius 2 is 1.85 bits per heavy atom. The molecule has 1 aliphatic rings. The number of hydrogen-bond donors (Lipinski definition) is 1. The largest absolute Gasteiger partial charge is 0.383 e. The van der Waals surface area contributed by atoms with Gasteiger partial charge in [-0.3, -0.25) is 9.59 Å². The lowest BCUT2D eigenvalue weighted by Crippen LogP contribution is -2.25. The second kappa shape index (κ2) is 11.5. The number of anilines is 1. The summed E-state index contributed by atoms with van der Waals surface area (Å²) in [5, 5.41) is 0.281. The molecular weight excluding hydrogens is 517 g/mol. The number of nitrogen functional groups attached to an aromatic ring is 1. The number of ether oxygens (including phenoxy) is 1. The summed E-state index contributed by atoms with van der Waals surface area (Å²) in [5.41, 5.74) is 8.91. The van der Waals surface area contributed by atoms with E-state index in [0.29, 0.717) is 42.4 Å². The molecule has 1 fully saturated rings. The SMILES string of the molecule is Cc1ccc(-c2cn(CC3CCOCC3)cc(C(=O)Cc3ccc(-c4c(Cl)ccnc4N)c(F)c3)c2=O)cc1. The molecule has 1 saturated heterocycles. The summed E-state index contributed by atoms with van der Waals surface area (Å²) in [6.07, 6.45) is 6.64. The number of ketones is 1. The minimum absolute atomic E-state index is 0.0872. The average molecular weight is 546 g/mol. The summed E-state index contributed by atoms with van der Waals surface area (Å²) < 4.78 is 22.6. The van der Waals surface area contributed by atoms with Gasteiger partial charge in [-0.1, -0.05) is 53.6 Å². The van der Waals surface area contributed by atoms with E-state index in [1.165, 1.54) is 24.4 Å². The van der Waals surface area contributed by atoms with Crippen LogP contribution in [0.15, 0.2) is 71.9 Å². The molecule has 0 aliphatic carbocycles. The Hall–Kier alpha value is -3.81. The minimum Gasteiger partial charge on any atom is -0.383 e. The van der Waals surface area contributed by atoms with E-state index in [1.807, 2.05) is 42.0 Å². The molecule has 39 heavy (non-hydrogen) atoms. The highest BCUT2D eigenvalue weighted by Crippen LogP contribution is 2.34. The van der Waals surface area contributed by atoms with Crippen molar-refractivity contribution in [1.82, 2.24) is 9.55 Å². The fourth-order valence-corrected chi connectivity index (χ4v) is 5.23. The van der Waals surface area contributed by atoms with E-state index in [9.17, 15) is 9.59 Å². The van der Waals surface area contributed by atoms with Gasteiger partial charge in [0, 0.05) is 61.5 Å². The number of hydrogen-bond acceptors (Lipinski definition) is 5. The Balaban J connectivity index is 1.48. The zero-order chi connectivity index (χ0) is 27.5. The highest BCUT2D eigenvalue weighted by molar-refractivity contribution is 6.33. The number of aromatic nitrogens is 2. The van der Waals surface area contributed by atoms with Gasteiger partial charge in [0.1, 0.15) is 11.6 Å². The van der Waals surface area contributed by atoms with E-state index >= 15 is 4.39 Å². The van der Waals surface area contributed by atoms with Crippen molar-refractivity contribution in [1.29, 1.82) is 0 Å². The van der Waals surface area contributed by atoms with Gasteiger partial charge in [-0.05, 0) is 48.9 Å². The van der Waals surface area contributed by atoms with Crippen molar-refractivity contribution in [2.75, 3.05) is 18.9 Å². The van der Waals surface area contributed by atoms with Crippen LogP contribution < -0.4 is 11.2 Å². The van der Waals surface area contributed by atoms with E-state index in [4.69, 9.17) is 22.1 Å². The fraction of sp³-hybridized carbons (Fsp3) is 0.258. The summed E-state index contributed by atoms with van der Waals surface area (Å²) in [6.45, 7) is 4.07. The van der Waals surface area contributed by atoms with Crippen molar-refractivity contribution >= 4 is 23.2 Å². The number of pyridine rings is 2. The van der Waals surface area contributed by atoms with Crippen LogP contribution in [0, 0.1) is 18.7 Å². The molecule has 2 aromatic carbocycles. The number of carbonyl (C=O) groups is 1. The molecule has 4 aromatic rings. The Morgan fingerprint density at radius 3 is 2.54 bits per heavy atom. The van der Waals surface area contributed by atoms with Crippen molar-refractivity contribution in [3.05, 3.63) is 105 Å². The molecule has 2 aromatic heterocycles. The van der Waals surface area contributed by atoms with Gasteiger partial charge in [-0.25, -0.2) is 9.37 Å². The van der Waals surface area contributed by atoms with Crippen LogP contribution in [0.25, 0.3) is 22.3 Å². The maximum atomic E-state index is 15.1. The van der Waals surface area contributed by atoms with E-state index in [2.05, 4.69) is 4.98 Å². The third kappa shape index (κ3) is 5.95. The van der Waals surface area contributed by atoms with E-state index in [0.717, 1.165) is 24.0 Å². The molecule has 0 unspecified atom stereocenters. The second-order valence-electron chi connectivity index (χ2n) is 10.0. The Labute approximate surface area is 231 Å². The highest BCUT2D eigenvalue weighted by Gasteiger charge is 2.21. The third-order valence-electron chi connectivity index (χ3n) is 7.15. The Kier molecular flexibility index (Phi) is 7.91. The topological polar surface area (TPSA) is 87.2 Å². The molecule has 5 rings (SSSR count). The van der Waals surface area contributed by atoms with Gasteiger partial charge in [0.25, 0.3) is 0 Å². The molecule has 2 N–H and O–H groups in total. The number of nitrogens with two attached hydrogens (primary N) is 1. The first kappa shape index (κ1) is 26.8. The maximum Gasteiger partial charge on any atom is 0.200 e. The van der Waals surface area contributed by atoms with Crippen LogP contribution in [-0.4, -0.2) is 28.5 Å². The number of nitrogens with zero attached hydrogens (tertiary/aromatic N) is 2. The van der Waals surface area contributed by atoms with Gasteiger partial charge in [-0.2, -0.15) is 0 Å². The van der Waals surface area contributed by atoms with Crippen LogP contribution >= 0.6 is 11.6 Å². The summed E-state index contributed by atoms with van der Waals surface area (Å²) in [4.78, 5) is 31.0. The number of Topliss-reactive ketones (excluding diaryl/α,β-unsaturated/α-hetero) is 1. The highest BCUT2D eigenvalue weighted by atomic mass is 35.5. The predicted octanol–water partition coefficient (Wildman–Crippen LogP) is 6.11. The quantitative estimate of drug-likeness (QED) is 0.283. The summed E-state index contributed by atoms with van der Waals surface area (Å²) >= 11 is 6.23. The number of carbonyl (C=O) groups excluding carboxylic acids is 1. The van der Waals surface area contributed by atoms with Crippen molar-refractivity contribution in [2.45, 2.75) is 32.7 Å². The Morgan fingerprint density at radius 1 is 1.10 bits per heavy atom. The van der Waals surface area contributed by atoms with Crippen LogP contribution in [0.1, 0.15) is 34.3 Å². The lowest BCUT2D eigenvalue weighted by Gasteiger charge is -2.23. The van der Waals surface area contributed by atoms with Gasteiger partial charge in [0.05, 0.1) is 10.6 Å². The van der Waals surface area contributed by atoms with Gasteiger partial charge in [0.2, 0.25) is 0 Å². The number of benzene rings is 2. The maximum absolute atomic E-state index is 15.1. The van der Waals surface area contributed by atoms with Crippen LogP contribution in [0.4, 0.5) is 10.2 Å². The monoisotopic (exact) mass is 545 g/mol. The van der Waals surface area contributed by atoms with Gasteiger partial charge in [-0.15, -0.1) is 0 Å².